The van der Waals surface area contributed by atoms with Gasteiger partial charge in [-0.3, -0.25) is 9.59 Å². The molecule has 0 N–H and O–H groups in total. The summed E-state index contributed by atoms with van der Waals surface area (Å²) in [6, 6.07) is 13.0. The van der Waals surface area contributed by atoms with Gasteiger partial charge in [0.25, 0.3) is 5.78 Å². The van der Waals surface area contributed by atoms with Gasteiger partial charge in [-0.05, 0) is 23.8 Å². The van der Waals surface area contributed by atoms with Crippen LogP contribution in [-0.2, 0) is 19.1 Å². The number of ketones is 2. The third-order valence-corrected chi connectivity index (χ3v) is 3.20. The predicted octanol–water partition coefficient (Wildman–Crippen LogP) is 2.27. The van der Waals surface area contributed by atoms with Crippen molar-refractivity contribution in [2.45, 2.75) is 6.92 Å². The molecule has 0 atom stereocenters. The number of esters is 1. The Morgan fingerprint density at radius 3 is 2.40 bits per heavy atom. The largest absolute Gasteiger partial charge is 0.419 e. The average Bonchev–Trinajstić information content (AvgIpc) is 2.74. The zero-order valence-electron chi connectivity index (χ0n) is 10.7. The highest BCUT2D eigenvalue weighted by Gasteiger charge is 2.37. The van der Waals surface area contributed by atoms with Gasteiger partial charge in [0.1, 0.15) is 5.57 Å². The molecule has 2 aromatic rings. The molecule has 2 aromatic carbocycles. The monoisotopic (exact) mass is 266 g/mol. The number of ether oxygens (including phenoxy) is 1. The second-order valence-corrected chi connectivity index (χ2v) is 4.54. The maximum absolute atomic E-state index is 11.6. The number of fused-ring (bicyclic) bond motifs is 1. The highest BCUT2D eigenvalue weighted by molar-refractivity contribution is 6.52. The Morgan fingerprint density at radius 1 is 1.00 bits per heavy atom. The predicted molar refractivity (Wildman–Crippen MR) is 72.6 cm³/mol. The van der Waals surface area contributed by atoms with Gasteiger partial charge in [-0.15, -0.1) is 0 Å². The summed E-state index contributed by atoms with van der Waals surface area (Å²) in [4.78, 5) is 34.5. The lowest BCUT2D eigenvalue weighted by Gasteiger charge is -2.05. The van der Waals surface area contributed by atoms with Crippen LogP contribution >= 0.6 is 0 Å². The fourth-order valence-corrected chi connectivity index (χ4v) is 2.25. The normalized spacial score (nSPS) is 14.8. The zero-order valence-corrected chi connectivity index (χ0v) is 10.7. The number of rotatable bonds is 2. The number of carbonyl (C=O) groups is 3. The summed E-state index contributed by atoms with van der Waals surface area (Å²) in [5.41, 5.74) is 0.374. The highest BCUT2D eigenvalue weighted by atomic mass is 16.5. The van der Waals surface area contributed by atoms with Crippen LogP contribution in [0.4, 0.5) is 0 Å². The summed E-state index contributed by atoms with van der Waals surface area (Å²) in [6.45, 7) is 1.25. The molecule has 20 heavy (non-hydrogen) atoms. The Kier molecular flexibility index (Phi) is 2.71. The second kappa shape index (κ2) is 4.42. The molecule has 4 heteroatoms. The molecule has 1 aliphatic heterocycles. The van der Waals surface area contributed by atoms with Gasteiger partial charge in [-0.1, -0.05) is 36.4 Å². The average molecular weight is 266 g/mol. The van der Waals surface area contributed by atoms with E-state index in [1.165, 1.54) is 6.92 Å². The summed E-state index contributed by atoms with van der Waals surface area (Å²) < 4.78 is 4.95. The molecule has 3 rings (SSSR count). The fraction of sp³-hybridized carbons (Fsp3) is 0.0625. The lowest BCUT2D eigenvalue weighted by Crippen LogP contribution is -2.13. The summed E-state index contributed by atoms with van der Waals surface area (Å²) >= 11 is 0. The number of hydrogen-bond acceptors (Lipinski definition) is 4. The van der Waals surface area contributed by atoms with Crippen molar-refractivity contribution >= 4 is 34.1 Å². The van der Waals surface area contributed by atoms with Gasteiger partial charge in [0.2, 0.25) is 0 Å². The van der Waals surface area contributed by atoms with Crippen molar-refractivity contribution in [3.05, 3.63) is 53.6 Å². The number of carbonyl (C=O) groups excluding carboxylic acids is 3. The van der Waals surface area contributed by atoms with Crippen molar-refractivity contribution < 1.29 is 19.1 Å². The van der Waals surface area contributed by atoms with Crippen LogP contribution in [0.15, 0.2) is 48.0 Å². The van der Waals surface area contributed by atoms with Crippen LogP contribution in [0, 0.1) is 0 Å². The van der Waals surface area contributed by atoms with Gasteiger partial charge in [0, 0.05) is 5.56 Å². The van der Waals surface area contributed by atoms with E-state index in [-0.39, 0.29) is 11.3 Å². The van der Waals surface area contributed by atoms with Crippen molar-refractivity contribution in [3.63, 3.8) is 0 Å². The summed E-state index contributed by atoms with van der Waals surface area (Å²) in [5.74, 6) is -2.29. The van der Waals surface area contributed by atoms with Crippen LogP contribution in [0.25, 0.3) is 16.5 Å². The van der Waals surface area contributed by atoms with E-state index in [1.807, 2.05) is 30.3 Å². The Hall–Kier alpha value is -2.75. The van der Waals surface area contributed by atoms with Crippen LogP contribution < -0.4 is 0 Å². The van der Waals surface area contributed by atoms with Crippen LogP contribution in [0.3, 0.4) is 0 Å². The summed E-state index contributed by atoms with van der Waals surface area (Å²) in [5, 5.41) is 1.97. The molecule has 0 saturated heterocycles. The van der Waals surface area contributed by atoms with E-state index in [1.54, 1.807) is 12.1 Å². The maximum Gasteiger partial charge on any atom is 0.385 e. The highest BCUT2D eigenvalue weighted by Crippen LogP contribution is 2.29. The minimum absolute atomic E-state index is 0.0539. The quantitative estimate of drug-likeness (QED) is 0.475. The van der Waals surface area contributed by atoms with Crippen molar-refractivity contribution in [1.82, 2.24) is 0 Å². The van der Waals surface area contributed by atoms with E-state index in [9.17, 15) is 14.4 Å². The van der Waals surface area contributed by atoms with Crippen LogP contribution in [0.1, 0.15) is 12.5 Å². The number of benzene rings is 2. The third-order valence-electron chi connectivity index (χ3n) is 3.20. The topological polar surface area (TPSA) is 60.4 Å². The van der Waals surface area contributed by atoms with E-state index in [4.69, 9.17) is 4.74 Å². The van der Waals surface area contributed by atoms with Gasteiger partial charge in [0.15, 0.2) is 11.5 Å². The van der Waals surface area contributed by atoms with Gasteiger partial charge >= 0.3 is 5.97 Å². The molecule has 1 heterocycles. The first-order valence-electron chi connectivity index (χ1n) is 6.09. The third kappa shape index (κ3) is 1.82. The molecule has 0 amide bonds. The molecular weight excluding hydrogens is 256 g/mol. The fourth-order valence-electron chi connectivity index (χ4n) is 2.25. The molecule has 0 radical (unpaired) electrons. The Bertz CT molecular complexity index is 799. The van der Waals surface area contributed by atoms with Crippen molar-refractivity contribution in [2.75, 3.05) is 0 Å². The molecule has 0 aliphatic carbocycles. The first-order valence-corrected chi connectivity index (χ1v) is 6.09. The smallest absolute Gasteiger partial charge is 0.385 e. The van der Waals surface area contributed by atoms with E-state index in [0.717, 1.165) is 10.8 Å². The zero-order chi connectivity index (χ0) is 14.3. The van der Waals surface area contributed by atoms with Gasteiger partial charge in [0.05, 0.1) is 0 Å². The molecule has 0 unspecified atom stereocenters. The van der Waals surface area contributed by atoms with Crippen LogP contribution in [0.5, 0.6) is 0 Å². The van der Waals surface area contributed by atoms with Gasteiger partial charge < -0.3 is 4.74 Å². The molecule has 0 spiro atoms. The first kappa shape index (κ1) is 12.3. The Morgan fingerprint density at radius 2 is 1.70 bits per heavy atom. The minimum atomic E-state index is -1.00. The molecule has 1 aliphatic rings. The number of cyclic esters (lactones) is 1. The van der Waals surface area contributed by atoms with Gasteiger partial charge in [-0.25, -0.2) is 4.79 Å². The van der Waals surface area contributed by atoms with Crippen molar-refractivity contribution in [2.24, 2.45) is 0 Å². The van der Waals surface area contributed by atoms with Crippen molar-refractivity contribution in [1.29, 1.82) is 0 Å². The Labute approximate surface area is 114 Å². The van der Waals surface area contributed by atoms with Crippen LogP contribution in [0.2, 0.25) is 0 Å². The SMILES string of the molecule is CC(=O)C1=C(c2ccc3ccccc3c2)OC(=O)C1=O. The maximum atomic E-state index is 11.6. The summed E-state index contributed by atoms with van der Waals surface area (Å²) in [6.07, 6.45) is 0. The lowest BCUT2D eigenvalue weighted by atomic mass is 10.0. The molecule has 0 fully saturated rings. The molecule has 0 aromatic heterocycles. The number of Topliss-reactive ketones (excluding diaryl/α,β-unsaturated/α-hetero) is 2. The summed E-state index contributed by atoms with van der Waals surface area (Å²) in [7, 11) is 0. The van der Waals surface area contributed by atoms with Gasteiger partial charge in [-0.2, -0.15) is 0 Å². The minimum Gasteiger partial charge on any atom is -0.419 e. The second-order valence-electron chi connectivity index (χ2n) is 4.54. The first-order chi connectivity index (χ1) is 9.58. The van der Waals surface area contributed by atoms with Crippen LogP contribution in [-0.4, -0.2) is 17.5 Å². The molecule has 0 saturated carbocycles. The van der Waals surface area contributed by atoms with E-state index >= 15 is 0 Å². The van der Waals surface area contributed by atoms with E-state index in [2.05, 4.69) is 0 Å². The molecular formula is C16H10O4. The molecule has 4 nitrogen and oxygen atoms in total. The van der Waals surface area contributed by atoms with E-state index < -0.39 is 17.5 Å². The lowest BCUT2D eigenvalue weighted by molar-refractivity contribution is -0.145. The van der Waals surface area contributed by atoms with E-state index in [0.29, 0.717) is 5.56 Å². The standard InChI is InChI=1S/C16H10O4/c1-9(17)13-14(18)16(19)20-15(13)12-7-6-10-4-2-3-5-11(10)8-12/h2-8H,1H3. The molecule has 0 bridgehead atoms. The van der Waals surface area contributed by atoms with Crippen molar-refractivity contribution in [3.8, 4) is 0 Å². The number of hydrogen-bond donors (Lipinski definition) is 0. The molecule has 98 valence electrons. The Balaban J connectivity index is 2.21.